The van der Waals surface area contributed by atoms with E-state index in [0.717, 1.165) is 0 Å². The van der Waals surface area contributed by atoms with Crippen molar-refractivity contribution in [2.24, 2.45) is 0 Å². The lowest BCUT2D eigenvalue weighted by Crippen LogP contribution is -2.61. The Morgan fingerprint density at radius 3 is 1.09 bits per heavy atom. The highest BCUT2D eigenvalue weighted by molar-refractivity contribution is 6.98. The molecule has 8 aromatic rings. The van der Waals surface area contributed by atoms with Crippen LogP contribution in [0.2, 0.25) is 0 Å². The van der Waals surface area contributed by atoms with Crippen molar-refractivity contribution in [3.8, 4) is 22.3 Å². The number of anilines is 3. The van der Waals surface area contributed by atoms with Crippen molar-refractivity contribution in [1.29, 1.82) is 0 Å². The van der Waals surface area contributed by atoms with Gasteiger partial charge in [-0.3, -0.25) is 0 Å². The van der Waals surface area contributed by atoms with Crippen molar-refractivity contribution in [1.82, 2.24) is 0 Å². The maximum Gasteiger partial charge on any atom is 0.247 e. The number of aryl methyl sites for hydroxylation is 3. The standard InChI is InChI=1S/C53H36BN/c1-31-29-32(2)48(33(3)30-31)54-46-27-13-25-44-50(46)55-49-42(52(44)38-19-8-4-15-34(38)35-16-5-9-20-39(35)52)23-12-24-43(49)53(45-26-14-28-47(54)51(45)55)40-21-10-6-17-36(40)37-18-7-11-22-41(37)53/h4-30H,1-3H3. The fraction of sp³-hybridized carbons (Fsp3) is 0.0943. The monoisotopic (exact) mass is 697 g/mol. The van der Waals surface area contributed by atoms with Gasteiger partial charge < -0.3 is 4.90 Å². The Balaban J connectivity index is 1.29. The summed E-state index contributed by atoms with van der Waals surface area (Å²) < 4.78 is 0. The molecular formula is C53H36BN. The lowest BCUT2D eigenvalue weighted by atomic mass is 9.32. The molecule has 0 atom stereocenters. The van der Waals surface area contributed by atoms with Gasteiger partial charge in [0, 0.05) is 11.4 Å². The van der Waals surface area contributed by atoms with Crippen LogP contribution in [0.3, 0.4) is 0 Å². The van der Waals surface area contributed by atoms with E-state index in [0.29, 0.717) is 0 Å². The van der Waals surface area contributed by atoms with Crippen molar-refractivity contribution >= 4 is 40.2 Å². The molecule has 0 saturated heterocycles. The second kappa shape index (κ2) is 10.0. The van der Waals surface area contributed by atoms with E-state index in [1.165, 1.54) is 117 Å². The summed E-state index contributed by atoms with van der Waals surface area (Å²) in [5.74, 6) is 0. The van der Waals surface area contributed by atoms with E-state index >= 15 is 0 Å². The molecule has 2 spiro atoms. The van der Waals surface area contributed by atoms with Gasteiger partial charge in [-0.1, -0.05) is 186 Å². The lowest BCUT2D eigenvalue weighted by molar-refractivity contribution is 0.709. The number of hydrogen-bond donors (Lipinski definition) is 0. The SMILES string of the molecule is Cc1cc(C)c(B2c3cccc4c3N3c5c2cccc5C2(c5ccccc5-c5ccccc52)c2cccc(c23)C42c3ccccc3-c3ccccc32)c(C)c1. The topological polar surface area (TPSA) is 3.24 Å². The number of hydrogen-bond acceptors (Lipinski definition) is 1. The molecule has 0 fully saturated rings. The molecule has 256 valence electrons. The molecule has 0 amide bonds. The highest BCUT2D eigenvalue weighted by atomic mass is 15.2. The minimum atomic E-state index is -0.495. The lowest BCUT2D eigenvalue weighted by Gasteiger charge is -2.55. The van der Waals surface area contributed by atoms with Crippen molar-refractivity contribution in [2.45, 2.75) is 31.6 Å². The smallest absolute Gasteiger partial charge is 0.247 e. The Morgan fingerprint density at radius 1 is 0.364 bits per heavy atom. The van der Waals surface area contributed by atoms with Gasteiger partial charge in [-0.2, -0.15) is 0 Å². The minimum Gasteiger partial charge on any atom is -0.310 e. The van der Waals surface area contributed by atoms with Crippen LogP contribution in [0.5, 0.6) is 0 Å². The molecule has 0 aromatic heterocycles. The van der Waals surface area contributed by atoms with Crippen LogP contribution in [0.1, 0.15) is 61.2 Å². The van der Waals surface area contributed by atoms with Crippen molar-refractivity contribution < 1.29 is 0 Å². The van der Waals surface area contributed by atoms with E-state index < -0.39 is 10.8 Å². The number of benzene rings is 8. The Hall–Kier alpha value is -6.38. The van der Waals surface area contributed by atoms with Crippen molar-refractivity contribution in [2.75, 3.05) is 4.90 Å². The van der Waals surface area contributed by atoms with Crippen molar-refractivity contribution in [3.05, 3.63) is 225 Å². The van der Waals surface area contributed by atoms with E-state index in [9.17, 15) is 0 Å². The van der Waals surface area contributed by atoms with Gasteiger partial charge in [0.25, 0.3) is 0 Å². The zero-order chi connectivity index (χ0) is 36.4. The molecular weight excluding hydrogens is 661 g/mol. The summed E-state index contributed by atoms with van der Waals surface area (Å²) in [5, 5.41) is 0. The van der Waals surface area contributed by atoms with Crippen LogP contribution in [-0.2, 0) is 10.8 Å². The highest BCUT2D eigenvalue weighted by Crippen LogP contribution is 2.70. The number of para-hydroxylation sites is 3. The molecule has 0 radical (unpaired) electrons. The Morgan fingerprint density at radius 2 is 0.691 bits per heavy atom. The predicted molar refractivity (Wildman–Crippen MR) is 228 cm³/mol. The van der Waals surface area contributed by atoms with Crippen LogP contribution in [0.25, 0.3) is 22.3 Å². The third kappa shape index (κ3) is 3.21. The molecule has 5 aliphatic rings. The van der Waals surface area contributed by atoms with Gasteiger partial charge >= 0.3 is 0 Å². The first-order valence-electron chi connectivity index (χ1n) is 19.7. The quantitative estimate of drug-likeness (QED) is 0.154. The second-order valence-corrected chi connectivity index (χ2v) is 16.5. The maximum atomic E-state index is 2.74. The normalized spacial score (nSPS) is 15.8. The summed E-state index contributed by atoms with van der Waals surface area (Å²) in [6.45, 7) is 6.96. The number of rotatable bonds is 1. The molecule has 2 aliphatic carbocycles. The first-order valence-corrected chi connectivity index (χ1v) is 19.7. The molecule has 1 nitrogen and oxygen atoms in total. The van der Waals surface area contributed by atoms with Crippen molar-refractivity contribution in [3.63, 3.8) is 0 Å². The average Bonchev–Trinajstić information content (AvgIpc) is 3.68. The second-order valence-electron chi connectivity index (χ2n) is 16.5. The van der Waals surface area contributed by atoms with Gasteiger partial charge in [0.05, 0.1) is 16.5 Å². The molecule has 2 heteroatoms. The summed E-state index contributed by atoms with van der Waals surface area (Å²) in [6.07, 6.45) is 0. The third-order valence-electron chi connectivity index (χ3n) is 14.0. The van der Waals surface area contributed by atoms with Gasteiger partial charge in [0.2, 0.25) is 6.71 Å². The van der Waals surface area contributed by atoms with Gasteiger partial charge in [0.1, 0.15) is 0 Å². The van der Waals surface area contributed by atoms with Crippen LogP contribution >= 0.6 is 0 Å². The van der Waals surface area contributed by atoms with E-state index in [2.05, 4.69) is 189 Å². The van der Waals surface area contributed by atoms with Crippen LogP contribution in [0, 0.1) is 20.8 Å². The third-order valence-corrected chi connectivity index (χ3v) is 14.0. The minimum absolute atomic E-state index is 0.0708. The number of nitrogens with zero attached hydrogens (tertiary/aromatic N) is 1. The first kappa shape index (κ1) is 30.0. The molecule has 55 heavy (non-hydrogen) atoms. The van der Waals surface area contributed by atoms with Gasteiger partial charge in [0.15, 0.2) is 0 Å². The molecule has 0 saturated carbocycles. The molecule has 8 aromatic carbocycles. The molecule has 0 N–H and O–H groups in total. The maximum absolute atomic E-state index is 2.74. The van der Waals surface area contributed by atoms with E-state index in [1.807, 2.05) is 0 Å². The predicted octanol–water partition coefficient (Wildman–Crippen LogP) is 10.3. The van der Waals surface area contributed by atoms with Gasteiger partial charge in [-0.25, -0.2) is 0 Å². The highest BCUT2D eigenvalue weighted by Gasteiger charge is 2.60. The zero-order valence-electron chi connectivity index (χ0n) is 31.1. The largest absolute Gasteiger partial charge is 0.310 e. The molecule has 0 bridgehead atoms. The first-order chi connectivity index (χ1) is 27.1. The molecule has 13 rings (SSSR count). The van der Waals surface area contributed by atoms with E-state index in [4.69, 9.17) is 0 Å². The summed E-state index contributed by atoms with van der Waals surface area (Å²) in [5.41, 5.74) is 27.7. The van der Waals surface area contributed by atoms with Gasteiger partial charge in [-0.05, 0) is 98.5 Å². The Kier molecular flexibility index (Phi) is 5.47. The van der Waals surface area contributed by atoms with Crippen LogP contribution in [0.4, 0.5) is 17.1 Å². The molecule has 3 aliphatic heterocycles. The van der Waals surface area contributed by atoms with Crippen LogP contribution < -0.4 is 21.3 Å². The zero-order valence-corrected chi connectivity index (χ0v) is 31.1. The number of fused-ring (bicyclic) bond motifs is 14. The Bertz CT molecular complexity index is 2770. The van der Waals surface area contributed by atoms with E-state index in [-0.39, 0.29) is 6.71 Å². The summed E-state index contributed by atoms with van der Waals surface area (Å²) in [6, 6.07) is 63.5. The van der Waals surface area contributed by atoms with Gasteiger partial charge in [-0.15, -0.1) is 0 Å². The fourth-order valence-electron chi connectivity index (χ4n) is 12.5. The Labute approximate surface area is 322 Å². The summed E-state index contributed by atoms with van der Waals surface area (Å²) >= 11 is 0. The van der Waals surface area contributed by atoms with Crippen LogP contribution in [-0.4, -0.2) is 6.71 Å². The van der Waals surface area contributed by atoms with E-state index in [1.54, 1.807) is 0 Å². The molecule has 3 heterocycles. The fourth-order valence-corrected chi connectivity index (χ4v) is 12.5. The summed E-state index contributed by atoms with van der Waals surface area (Å²) in [4.78, 5) is 2.74. The molecule has 0 unspecified atom stereocenters. The summed E-state index contributed by atoms with van der Waals surface area (Å²) in [7, 11) is 0. The average molecular weight is 698 g/mol. The van der Waals surface area contributed by atoms with Crippen LogP contribution in [0.15, 0.2) is 164 Å².